The lowest BCUT2D eigenvalue weighted by molar-refractivity contribution is 0.0988. The van der Waals surface area contributed by atoms with Crippen molar-refractivity contribution in [2.75, 3.05) is 0 Å². The maximum absolute atomic E-state index is 13.6. The van der Waals surface area contributed by atoms with Gasteiger partial charge in [0, 0.05) is 6.92 Å². The number of furan rings is 1. The molecule has 0 fully saturated rings. The molecule has 2 rings (SSSR count). The van der Waals surface area contributed by atoms with E-state index in [0.29, 0.717) is 0 Å². The molecule has 2 nitrogen and oxygen atoms in total. The highest BCUT2D eigenvalue weighted by Gasteiger charge is 2.14. The Morgan fingerprint density at radius 2 is 1.94 bits per heavy atom. The zero-order valence-corrected chi connectivity index (χ0v) is 10.3. The maximum atomic E-state index is 13.6. The molecule has 2 aromatic rings. The van der Waals surface area contributed by atoms with Crippen molar-refractivity contribution in [3.8, 4) is 11.3 Å². The first-order chi connectivity index (χ1) is 7.99. The second-order valence-corrected chi connectivity index (χ2v) is 4.32. The van der Waals surface area contributed by atoms with E-state index in [0.717, 1.165) is 12.1 Å². The van der Waals surface area contributed by atoms with Gasteiger partial charge in [-0.2, -0.15) is 0 Å². The fourth-order valence-electron chi connectivity index (χ4n) is 1.38. The fraction of sp³-hybridized carbons (Fsp3) is 0.0833. The molecule has 1 aromatic heterocycles. The first kappa shape index (κ1) is 12.0. The molecule has 0 bridgehead atoms. The minimum Gasteiger partial charge on any atom is -0.453 e. The number of carbonyl (C=O) groups is 1. The van der Waals surface area contributed by atoms with Gasteiger partial charge in [-0.15, -0.1) is 0 Å². The minimum absolute atomic E-state index is 0.0156. The summed E-state index contributed by atoms with van der Waals surface area (Å²) in [6, 6.07) is 4.89. The van der Waals surface area contributed by atoms with Crippen LogP contribution in [0.4, 0.5) is 8.78 Å². The molecular formula is C12H7BrF2O2. The van der Waals surface area contributed by atoms with Crippen molar-refractivity contribution in [2.24, 2.45) is 0 Å². The number of rotatable bonds is 2. The summed E-state index contributed by atoms with van der Waals surface area (Å²) in [4.78, 5) is 11.0. The van der Waals surface area contributed by atoms with Crippen LogP contribution >= 0.6 is 15.9 Å². The molecule has 0 N–H and O–H groups in total. The number of hydrogen-bond donors (Lipinski definition) is 0. The molecular weight excluding hydrogens is 294 g/mol. The van der Waals surface area contributed by atoms with Crippen molar-refractivity contribution in [3.63, 3.8) is 0 Å². The fourth-order valence-corrected chi connectivity index (χ4v) is 1.70. The number of hydrogen-bond acceptors (Lipinski definition) is 2. The van der Waals surface area contributed by atoms with Gasteiger partial charge in [0.1, 0.15) is 17.4 Å². The molecule has 0 saturated carbocycles. The average molecular weight is 301 g/mol. The molecule has 0 radical (unpaired) electrons. The number of ketones is 1. The van der Waals surface area contributed by atoms with Crippen LogP contribution in [-0.2, 0) is 0 Å². The molecule has 0 unspecified atom stereocenters. The van der Waals surface area contributed by atoms with Gasteiger partial charge in [0.2, 0.25) is 0 Å². The third-order valence-electron chi connectivity index (χ3n) is 2.23. The van der Waals surface area contributed by atoms with E-state index < -0.39 is 11.6 Å². The number of Topliss-reactive ketones (excluding diaryl/α,β-unsaturated/α-hetero) is 1. The Balaban J connectivity index is 2.52. The lowest BCUT2D eigenvalue weighted by atomic mass is 10.1. The summed E-state index contributed by atoms with van der Waals surface area (Å²) in [5.74, 6) is -1.25. The first-order valence-electron chi connectivity index (χ1n) is 4.74. The zero-order chi connectivity index (χ0) is 12.6. The normalized spacial score (nSPS) is 10.6. The van der Waals surface area contributed by atoms with Crippen LogP contribution in [-0.4, -0.2) is 5.78 Å². The summed E-state index contributed by atoms with van der Waals surface area (Å²) >= 11 is 2.88. The smallest absolute Gasteiger partial charge is 0.194 e. The minimum atomic E-state index is -0.622. The Labute approximate surface area is 104 Å². The number of halogens is 3. The van der Waals surface area contributed by atoms with Crippen LogP contribution in [0.3, 0.4) is 0 Å². The second kappa shape index (κ2) is 4.41. The predicted octanol–water partition coefficient (Wildman–Crippen LogP) is 4.19. The molecule has 17 heavy (non-hydrogen) atoms. The summed E-state index contributed by atoms with van der Waals surface area (Å²) in [6.45, 7) is 1.33. The van der Waals surface area contributed by atoms with Gasteiger partial charge in [0.05, 0.1) is 10.0 Å². The van der Waals surface area contributed by atoms with E-state index >= 15 is 0 Å². The van der Waals surface area contributed by atoms with Crippen molar-refractivity contribution < 1.29 is 18.0 Å². The Hall–Kier alpha value is -1.49. The molecule has 1 heterocycles. The van der Waals surface area contributed by atoms with Gasteiger partial charge in [-0.05, 0) is 40.2 Å². The van der Waals surface area contributed by atoms with Crippen LogP contribution in [0.2, 0.25) is 0 Å². The van der Waals surface area contributed by atoms with Gasteiger partial charge in [0.25, 0.3) is 0 Å². The van der Waals surface area contributed by atoms with Crippen LogP contribution in [0.25, 0.3) is 11.3 Å². The Morgan fingerprint density at radius 3 is 2.53 bits per heavy atom. The van der Waals surface area contributed by atoms with Gasteiger partial charge >= 0.3 is 0 Å². The quantitative estimate of drug-likeness (QED) is 0.615. The molecule has 0 aliphatic carbocycles. The summed E-state index contributed by atoms with van der Waals surface area (Å²) in [6.07, 6.45) is 0. The lowest BCUT2D eigenvalue weighted by Gasteiger charge is -2.01. The topological polar surface area (TPSA) is 30.2 Å². The number of carbonyl (C=O) groups excluding carboxylic acids is 1. The highest BCUT2D eigenvalue weighted by atomic mass is 79.9. The van der Waals surface area contributed by atoms with E-state index in [4.69, 9.17) is 4.42 Å². The summed E-state index contributed by atoms with van der Waals surface area (Å²) in [5.41, 5.74) is -0.0156. The molecule has 0 aliphatic rings. The first-order valence-corrected chi connectivity index (χ1v) is 5.54. The van der Waals surface area contributed by atoms with Crippen molar-refractivity contribution in [1.82, 2.24) is 0 Å². The molecule has 88 valence electrons. The van der Waals surface area contributed by atoms with Crippen LogP contribution in [0.15, 0.2) is 33.2 Å². The standard InChI is InChI=1S/C12H7BrF2O2/c1-6(16)11-2-3-12(17-11)7-4-10(15)8(13)5-9(7)14/h2-5H,1H3. The average Bonchev–Trinajstić information content (AvgIpc) is 2.72. The molecule has 1 aromatic carbocycles. The third kappa shape index (κ3) is 2.29. The molecule has 0 aliphatic heterocycles. The Kier molecular flexibility index (Phi) is 3.11. The van der Waals surface area contributed by atoms with E-state index in [2.05, 4.69) is 15.9 Å². The molecule has 0 spiro atoms. The Morgan fingerprint density at radius 1 is 1.24 bits per heavy atom. The van der Waals surface area contributed by atoms with E-state index in [-0.39, 0.29) is 27.3 Å². The van der Waals surface area contributed by atoms with Crippen molar-refractivity contribution in [2.45, 2.75) is 6.92 Å². The van der Waals surface area contributed by atoms with Gasteiger partial charge < -0.3 is 4.42 Å². The van der Waals surface area contributed by atoms with E-state index in [1.807, 2.05) is 0 Å². The van der Waals surface area contributed by atoms with E-state index in [1.165, 1.54) is 19.1 Å². The van der Waals surface area contributed by atoms with E-state index in [1.54, 1.807) is 0 Å². The lowest BCUT2D eigenvalue weighted by Crippen LogP contribution is -1.88. The van der Waals surface area contributed by atoms with Crippen LogP contribution in [0.5, 0.6) is 0 Å². The third-order valence-corrected chi connectivity index (χ3v) is 2.84. The van der Waals surface area contributed by atoms with Gasteiger partial charge in [0.15, 0.2) is 11.5 Å². The maximum Gasteiger partial charge on any atom is 0.194 e. The van der Waals surface area contributed by atoms with Crippen molar-refractivity contribution >= 4 is 21.7 Å². The summed E-state index contributed by atoms with van der Waals surface area (Å²) in [5, 5.41) is 0. The summed E-state index contributed by atoms with van der Waals surface area (Å²) < 4.78 is 32.0. The monoisotopic (exact) mass is 300 g/mol. The van der Waals surface area contributed by atoms with Crippen LogP contribution in [0.1, 0.15) is 17.5 Å². The largest absolute Gasteiger partial charge is 0.453 e. The van der Waals surface area contributed by atoms with Gasteiger partial charge in [-0.3, -0.25) is 4.79 Å². The molecule has 0 saturated heterocycles. The number of benzene rings is 1. The molecule has 0 amide bonds. The molecule has 5 heteroatoms. The Bertz CT molecular complexity index is 590. The van der Waals surface area contributed by atoms with Crippen molar-refractivity contribution in [1.29, 1.82) is 0 Å². The predicted molar refractivity (Wildman–Crippen MR) is 61.8 cm³/mol. The summed E-state index contributed by atoms with van der Waals surface area (Å²) in [7, 11) is 0. The van der Waals surface area contributed by atoms with Crippen LogP contribution < -0.4 is 0 Å². The SMILES string of the molecule is CC(=O)c1ccc(-c2cc(F)c(Br)cc2F)o1. The van der Waals surface area contributed by atoms with Gasteiger partial charge in [-0.25, -0.2) is 8.78 Å². The second-order valence-electron chi connectivity index (χ2n) is 3.47. The van der Waals surface area contributed by atoms with Crippen molar-refractivity contribution in [3.05, 3.63) is 46.1 Å². The molecule has 0 atom stereocenters. The highest BCUT2D eigenvalue weighted by Crippen LogP contribution is 2.29. The highest BCUT2D eigenvalue weighted by molar-refractivity contribution is 9.10. The van der Waals surface area contributed by atoms with Gasteiger partial charge in [-0.1, -0.05) is 0 Å². The van der Waals surface area contributed by atoms with Crippen LogP contribution in [0, 0.1) is 11.6 Å². The van der Waals surface area contributed by atoms with E-state index in [9.17, 15) is 13.6 Å². The zero-order valence-electron chi connectivity index (χ0n) is 8.76.